The summed E-state index contributed by atoms with van der Waals surface area (Å²) >= 11 is 1.00. The number of benzene rings is 4. The fraction of sp³-hybridized carbons (Fsp3) is 0. The number of hydrogen-bond acceptors (Lipinski definition) is 9. The molecule has 0 atom stereocenters. The Morgan fingerprint density at radius 1 is 0.486 bits per heavy atom. The molecule has 0 unspecified atom stereocenters. The smallest absolute Gasteiger partial charge is 0.302 e. The van der Waals surface area contributed by atoms with E-state index in [1.807, 2.05) is 0 Å². The van der Waals surface area contributed by atoms with E-state index in [1.165, 1.54) is 60.7 Å². The Morgan fingerprint density at radius 2 is 0.946 bits per heavy atom. The first-order chi connectivity index (χ1) is 17.8. The van der Waals surface area contributed by atoms with Crippen LogP contribution in [0.4, 0.5) is 0 Å². The normalized spacial score (nSPS) is 11.7. The highest BCUT2D eigenvalue weighted by atomic mass is 32.2. The predicted molar refractivity (Wildman–Crippen MR) is 137 cm³/mol. The highest BCUT2D eigenvalue weighted by molar-refractivity contribution is 7.91. The van der Waals surface area contributed by atoms with E-state index >= 15 is 0 Å². The lowest BCUT2D eigenvalue weighted by atomic mass is 10.3. The van der Waals surface area contributed by atoms with Crippen molar-refractivity contribution in [1.29, 1.82) is 0 Å². The highest BCUT2D eigenvalue weighted by Crippen LogP contribution is 2.34. The summed E-state index contributed by atoms with van der Waals surface area (Å²) in [4.78, 5) is 0.608. The van der Waals surface area contributed by atoms with Gasteiger partial charge in [-0.2, -0.15) is 0 Å². The van der Waals surface area contributed by atoms with Crippen LogP contribution in [-0.2, 0) is 19.7 Å². The van der Waals surface area contributed by atoms with Crippen LogP contribution in [0.15, 0.2) is 129 Å². The van der Waals surface area contributed by atoms with Gasteiger partial charge in [-0.3, -0.25) is 0 Å². The number of aromatic nitrogens is 2. The Labute approximate surface area is 217 Å². The third-order valence-corrected chi connectivity index (χ3v) is 9.39. The minimum atomic E-state index is -3.70. The SMILES string of the molecule is O=S(=O)(c1ccccc1)c1ccc(Oc2nnc(Oc3cccc(S(=O)(=O)c4ccccc4)c3)s2)cc1. The predicted octanol–water partition coefficient (Wildman–Crippen LogP) is 5.79. The van der Waals surface area contributed by atoms with Gasteiger partial charge in [-0.15, -0.1) is 0 Å². The molecule has 0 saturated carbocycles. The van der Waals surface area contributed by atoms with Gasteiger partial charge in [0.1, 0.15) is 11.5 Å². The average molecular weight is 551 g/mol. The van der Waals surface area contributed by atoms with Crippen molar-refractivity contribution in [3.8, 4) is 21.9 Å². The summed E-state index contributed by atoms with van der Waals surface area (Å²) < 4.78 is 62.6. The lowest BCUT2D eigenvalue weighted by Crippen LogP contribution is -2.01. The molecule has 1 heterocycles. The molecular formula is C26H18N2O6S3. The molecule has 0 N–H and O–H groups in total. The number of nitrogens with zero attached hydrogens (tertiary/aromatic N) is 2. The van der Waals surface area contributed by atoms with Crippen molar-refractivity contribution in [1.82, 2.24) is 10.2 Å². The monoisotopic (exact) mass is 550 g/mol. The van der Waals surface area contributed by atoms with E-state index in [-0.39, 0.29) is 35.7 Å². The summed E-state index contributed by atoms with van der Waals surface area (Å²) in [7, 11) is -7.34. The molecule has 37 heavy (non-hydrogen) atoms. The molecule has 11 heteroatoms. The molecule has 0 amide bonds. The van der Waals surface area contributed by atoms with Crippen LogP contribution in [0.1, 0.15) is 0 Å². The van der Waals surface area contributed by atoms with Crippen molar-refractivity contribution < 1.29 is 26.3 Å². The van der Waals surface area contributed by atoms with Gasteiger partial charge in [0.15, 0.2) is 0 Å². The van der Waals surface area contributed by atoms with Crippen LogP contribution in [0, 0.1) is 0 Å². The van der Waals surface area contributed by atoms with E-state index in [4.69, 9.17) is 9.47 Å². The summed E-state index contributed by atoms with van der Waals surface area (Å²) in [6, 6.07) is 28.3. The fourth-order valence-electron chi connectivity index (χ4n) is 3.34. The van der Waals surface area contributed by atoms with Crippen LogP contribution in [0.5, 0.6) is 21.9 Å². The van der Waals surface area contributed by atoms with Crippen molar-refractivity contribution in [3.05, 3.63) is 109 Å². The van der Waals surface area contributed by atoms with E-state index in [2.05, 4.69) is 10.2 Å². The second kappa shape index (κ2) is 10.1. The molecule has 5 rings (SSSR count). The minimum Gasteiger partial charge on any atom is -0.430 e. The Balaban J connectivity index is 1.28. The summed E-state index contributed by atoms with van der Waals surface area (Å²) in [5.41, 5.74) is 0. The van der Waals surface area contributed by atoms with Gasteiger partial charge < -0.3 is 9.47 Å². The van der Waals surface area contributed by atoms with E-state index in [0.717, 1.165) is 11.3 Å². The Hall–Kier alpha value is -4.06. The van der Waals surface area contributed by atoms with E-state index in [1.54, 1.807) is 48.5 Å². The van der Waals surface area contributed by atoms with Crippen molar-refractivity contribution in [2.45, 2.75) is 19.6 Å². The summed E-state index contributed by atoms with van der Waals surface area (Å²) in [5, 5.41) is 8.17. The van der Waals surface area contributed by atoms with Crippen LogP contribution in [0.3, 0.4) is 0 Å². The lowest BCUT2D eigenvalue weighted by Gasteiger charge is -2.07. The van der Waals surface area contributed by atoms with E-state index in [9.17, 15) is 16.8 Å². The van der Waals surface area contributed by atoms with Crippen LogP contribution >= 0.6 is 11.3 Å². The molecular weight excluding hydrogens is 532 g/mol. The maximum absolute atomic E-state index is 12.9. The standard InChI is InChI=1S/C26H18N2O6S3/c29-36(30,21-9-3-1-4-10-21)23-16-14-19(15-17-23)33-25-27-28-26(35-25)34-20-8-7-13-24(18-20)37(31,32)22-11-5-2-6-12-22/h1-18H. The summed E-state index contributed by atoms with van der Waals surface area (Å²) in [5.74, 6) is 0.640. The zero-order chi connectivity index (χ0) is 25.9. The van der Waals surface area contributed by atoms with E-state index < -0.39 is 19.7 Å². The Morgan fingerprint density at radius 3 is 1.51 bits per heavy atom. The molecule has 4 aromatic carbocycles. The molecule has 186 valence electrons. The minimum absolute atomic E-state index is 0.0859. The molecule has 5 aromatic rings. The zero-order valence-corrected chi connectivity index (χ0v) is 21.4. The van der Waals surface area contributed by atoms with Gasteiger partial charge in [0.25, 0.3) is 0 Å². The van der Waals surface area contributed by atoms with Gasteiger partial charge in [0.05, 0.1) is 19.6 Å². The number of hydrogen-bond donors (Lipinski definition) is 0. The van der Waals surface area contributed by atoms with Gasteiger partial charge in [-0.25, -0.2) is 16.8 Å². The quantitative estimate of drug-likeness (QED) is 0.239. The molecule has 0 bridgehead atoms. The molecule has 0 fully saturated rings. The first-order valence-corrected chi connectivity index (χ1v) is 14.6. The number of ether oxygens (including phenoxy) is 2. The number of sulfone groups is 2. The largest absolute Gasteiger partial charge is 0.430 e. The fourth-order valence-corrected chi connectivity index (χ4v) is 6.53. The lowest BCUT2D eigenvalue weighted by molar-refractivity contribution is 0.460. The van der Waals surface area contributed by atoms with Gasteiger partial charge >= 0.3 is 10.4 Å². The van der Waals surface area contributed by atoms with E-state index in [0.29, 0.717) is 5.75 Å². The maximum Gasteiger partial charge on any atom is 0.302 e. The molecule has 1 aromatic heterocycles. The highest BCUT2D eigenvalue weighted by Gasteiger charge is 2.19. The second-order valence-electron chi connectivity index (χ2n) is 7.62. The van der Waals surface area contributed by atoms with Crippen LogP contribution < -0.4 is 9.47 Å². The maximum atomic E-state index is 12.9. The Bertz CT molecular complexity index is 1740. The van der Waals surface area contributed by atoms with Crippen LogP contribution in [0.25, 0.3) is 0 Å². The molecule has 0 aliphatic rings. The van der Waals surface area contributed by atoms with Crippen molar-refractivity contribution in [2.24, 2.45) is 0 Å². The average Bonchev–Trinajstić information content (AvgIpc) is 3.36. The van der Waals surface area contributed by atoms with Crippen LogP contribution in [-0.4, -0.2) is 27.0 Å². The molecule has 0 radical (unpaired) electrons. The van der Waals surface area contributed by atoms with Gasteiger partial charge in [0, 0.05) is 0 Å². The van der Waals surface area contributed by atoms with Gasteiger partial charge in [0.2, 0.25) is 19.7 Å². The molecule has 0 aliphatic heterocycles. The van der Waals surface area contributed by atoms with Crippen LogP contribution in [0.2, 0.25) is 0 Å². The van der Waals surface area contributed by atoms with Gasteiger partial charge in [-0.05, 0) is 78.1 Å². The molecule has 0 aliphatic carbocycles. The zero-order valence-electron chi connectivity index (χ0n) is 19.0. The summed E-state index contributed by atoms with van der Waals surface area (Å²) in [6.45, 7) is 0. The Kier molecular flexibility index (Phi) is 6.74. The van der Waals surface area contributed by atoms with Gasteiger partial charge in [-0.1, -0.05) is 52.7 Å². The topological polar surface area (TPSA) is 113 Å². The second-order valence-corrected chi connectivity index (χ2v) is 12.4. The van der Waals surface area contributed by atoms with Crippen molar-refractivity contribution in [3.63, 3.8) is 0 Å². The third-order valence-electron chi connectivity index (χ3n) is 5.16. The third kappa shape index (κ3) is 5.38. The first kappa shape index (κ1) is 24.6. The van der Waals surface area contributed by atoms with Crippen molar-refractivity contribution in [2.75, 3.05) is 0 Å². The molecule has 0 spiro atoms. The molecule has 0 saturated heterocycles. The number of rotatable bonds is 8. The van der Waals surface area contributed by atoms with Crippen molar-refractivity contribution >= 4 is 31.0 Å². The molecule has 8 nitrogen and oxygen atoms in total. The first-order valence-electron chi connectivity index (χ1n) is 10.8. The summed E-state index contributed by atoms with van der Waals surface area (Å²) in [6.07, 6.45) is 0.